The van der Waals surface area contributed by atoms with Gasteiger partial charge in [-0.2, -0.15) is 4.98 Å². The minimum absolute atomic E-state index is 0.275. The molecule has 0 atom stereocenters. The molecular formula is C11H11F2N3O. The number of oxazole rings is 1. The molecule has 1 aromatic carbocycles. The Morgan fingerprint density at radius 1 is 1.18 bits per heavy atom. The fourth-order valence-corrected chi connectivity index (χ4v) is 1.90. The van der Waals surface area contributed by atoms with Crippen LogP contribution in [0.5, 0.6) is 0 Å². The van der Waals surface area contributed by atoms with Crippen molar-refractivity contribution in [3.8, 4) is 0 Å². The number of nitrogens with zero attached hydrogens (tertiary/aromatic N) is 2. The molecule has 1 N–H and O–H groups in total. The molecule has 0 unspecified atom stereocenters. The van der Waals surface area contributed by atoms with Gasteiger partial charge in [-0.3, -0.25) is 0 Å². The summed E-state index contributed by atoms with van der Waals surface area (Å²) in [6.07, 6.45) is 0. The SMILES string of the molecule is Fc1cc2nc(N3CCNCC3)oc2cc1F. The highest BCUT2D eigenvalue weighted by Gasteiger charge is 2.17. The largest absolute Gasteiger partial charge is 0.423 e. The predicted octanol–water partition coefficient (Wildman–Crippen LogP) is 1.52. The predicted molar refractivity (Wildman–Crippen MR) is 59.0 cm³/mol. The third-order valence-corrected chi connectivity index (χ3v) is 2.81. The number of benzene rings is 1. The van der Waals surface area contributed by atoms with E-state index in [0.29, 0.717) is 11.5 Å². The molecule has 17 heavy (non-hydrogen) atoms. The molecule has 4 nitrogen and oxygen atoms in total. The maximum atomic E-state index is 13.0. The van der Waals surface area contributed by atoms with E-state index in [4.69, 9.17) is 4.42 Å². The minimum atomic E-state index is -0.916. The van der Waals surface area contributed by atoms with Gasteiger partial charge in [-0.05, 0) is 0 Å². The molecule has 0 spiro atoms. The van der Waals surface area contributed by atoms with Crippen LogP contribution >= 0.6 is 0 Å². The molecule has 0 amide bonds. The molecule has 0 aliphatic carbocycles. The van der Waals surface area contributed by atoms with Crippen LogP contribution < -0.4 is 10.2 Å². The standard InChI is InChI=1S/C11H11F2N3O/c12-7-5-9-10(6-8(7)13)17-11(15-9)16-3-1-14-2-4-16/h5-6,14H,1-4H2. The van der Waals surface area contributed by atoms with E-state index in [1.807, 2.05) is 4.90 Å². The van der Waals surface area contributed by atoms with Crippen molar-refractivity contribution < 1.29 is 13.2 Å². The molecule has 2 heterocycles. The van der Waals surface area contributed by atoms with E-state index in [1.54, 1.807) is 0 Å². The summed E-state index contributed by atoms with van der Waals surface area (Å²) in [5, 5.41) is 3.21. The lowest BCUT2D eigenvalue weighted by Gasteiger charge is -2.25. The lowest BCUT2D eigenvalue weighted by molar-refractivity contribution is 0.502. The lowest BCUT2D eigenvalue weighted by Crippen LogP contribution is -2.43. The second-order valence-electron chi connectivity index (χ2n) is 3.97. The summed E-state index contributed by atoms with van der Waals surface area (Å²) in [6, 6.07) is 2.51. The van der Waals surface area contributed by atoms with Gasteiger partial charge in [0.25, 0.3) is 6.01 Å². The number of fused-ring (bicyclic) bond motifs is 1. The normalized spacial score (nSPS) is 16.7. The molecule has 0 bridgehead atoms. The van der Waals surface area contributed by atoms with E-state index < -0.39 is 11.6 Å². The van der Waals surface area contributed by atoms with Gasteiger partial charge in [-0.15, -0.1) is 0 Å². The van der Waals surface area contributed by atoms with E-state index in [1.165, 1.54) is 0 Å². The topological polar surface area (TPSA) is 41.3 Å². The molecular weight excluding hydrogens is 228 g/mol. The van der Waals surface area contributed by atoms with Crippen molar-refractivity contribution in [3.63, 3.8) is 0 Å². The second kappa shape index (κ2) is 3.96. The number of halogens is 2. The molecule has 1 aromatic heterocycles. The molecule has 0 radical (unpaired) electrons. The molecule has 3 rings (SSSR count). The Hall–Kier alpha value is -1.69. The third kappa shape index (κ3) is 1.84. The van der Waals surface area contributed by atoms with Gasteiger partial charge in [0.2, 0.25) is 0 Å². The first-order valence-electron chi connectivity index (χ1n) is 5.45. The number of piperazine rings is 1. The van der Waals surface area contributed by atoms with Crippen LogP contribution in [0.15, 0.2) is 16.5 Å². The zero-order valence-corrected chi connectivity index (χ0v) is 9.04. The Balaban J connectivity index is 2.00. The molecule has 90 valence electrons. The van der Waals surface area contributed by atoms with Crippen LogP contribution in [0.1, 0.15) is 0 Å². The highest BCUT2D eigenvalue weighted by Crippen LogP contribution is 2.24. The molecule has 2 aromatic rings. The Bertz CT molecular complexity index is 510. The van der Waals surface area contributed by atoms with Gasteiger partial charge in [0.1, 0.15) is 5.52 Å². The first-order chi connectivity index (χ1) is 8.24. The summed E-state index contributed by atoms with van der Waals surface area (Å²) in [5.74, 6) is -1.82. The Kier molecular flexibility index (Phi) is 2.44. The highest BCUT2D eigenvalue weighted by molar-refractivity contribution is 5.74. The smallest absolute Gasteiger partial charge is 0.298 e. The van der Waals surface area contributed by atoms with Crippen LogP contribution in [-0.2, 0) is 0 Å². The Labute approximate surface area is 96.2 Å². The van der Waals surface area contributed by atoms with Crippen molar-refractivity contribution in [2.75, 3.05) is 31.1 Å². The summed E-state index contributed by atoms with van der Waals surface area (Å²) in [4.78, 5) is 6.11. The Morgan fingerprint density at radius 3 is 2.65 bits per heavy atom. The lowest BCUT2D eigenvalue weighted by atomic mass is 10.3. The average Bonchev–Trinajstić information content (AvgIpc) is 2.74. The van der Waals surface area contributed by atoms with Gasteiger partial charge < -0.3 is 14.6 Å². The van der Waals surface area contributed by atoms with Crippen molar-refractivity contribution in [2.24, 2.45) is 0 Å². The third-order valence-electron chi connectivity index (χ3n) is 2.81. The second-order valence-corrected chi connectivity index (χ2v) is 3.97. The average molecular weight is 239 g/mol. The number of nitrogens with one attached hydrogen (secondary N) is 1. The molecule has 1 aliphatic heterocycles. The van der Waals surface area contributed by atoms with Crippen molar-refractivity contribution >= 4 is 17.1 Å². The number of aromatic nitrogens is 1. The van der Waals surface area contributed by atoms with Gasteiger partial charge in [-0.1, -0.05) is 0 Å². The van der Waals surface area contributed by atoms with Crippen LogP contribution in [0.2, 0.25) is 0 Å². The summed E-state index contributed by atoms with van der Waals surface area (Å²) < 4.78 is 31.5. The number of hydrogen-bond acceptors (Lipinski definition) is 4. The summed E-state index contributed by atoms with van der Waals surface area (Å²) in [6.45, 7) is 3.25. The summed E-state index contributed by atoms with van der Waals surface area (Å²) >= 11 is 0. The maximum absolute atomic E-state index is 13.0. The molecule has 1 aliphatic rings. The number of hydrogen-bond donors (Lipinski definition) is 1. The van der Waals surface area contributed by atoms with Gasteiger partial charge >= 0.3 is 0 Å². The Morgan fingerprint density at radius 2 is 1.88 bits per heavy atom. The zero-order chi connectivity index (χ0) is 11.8. The van der Waals surface area contributed by atoms with Gasteiger partial charge in [0.05, 0.1) is 0 Å². The van der Waals surface area contributed by atoms with Crippen molar-refractivity contribution in [3.05, 3.63) is 23.8 Å². The van der Waals surface area contributed by atoms with E-state index in [0.717, 1.165) is 38.3 Å². The van der Waals surface area contributed by atoms with E-state index >= 15 is 0 Å². The van der Waals surface area contributed by atoms with Gasteiger partial charge in [0.15, 0.2) is 17.2 Å². The molecule has 1 saturated heterocycles. The zero-order valence-electron chi connectivity index (χ0n) is 9.04. The van der Waals surface area contributed by atoms with Crippen LogP contribution in [0.4, 0.5) is 14.8 Å². The molecule has 1 fully saturated rings. The highest BCUT2D eigenvalue weighted by atomic mass is 19.2. The van der Waals surface area contributed by atoms with Crippen molar-refractivity contribution in [1.82, 2.24) is 10.3 Å². The first kappa shape index (κ1) is 10.5. The maximum Gasteiger partial charge on any atom is 0.298 e. The fourth-order valence-electron chi connectivity index (χ4n) is 1.90. The minimum Gasteiger partial charge on any atom is -0.423 e. The van der Waals surface area contributed by atoms with Crippen LogP contribution in [0.25, 0.3) is 11.1 Å². The number of rotatable bonds is 1. The van der Waals surface area contributed by atoms with Crippen LogP contribution in [0.3, 0.4) is 0 Å². The van der Waals surface area contributed by atoms with Gasteiger partial charge in [0, 0.05) is 38.3 Å². The quantitative estimate of drug-likeness (QED) is 0.819. The van der Waals surface area contributed by atoms with Crippen LogP contribution in [-0.4, -0.2) is 31.2 Å². The van der Waals surface area contributed by atoms with E-state index in [2.05, 4.69) is 10.3 Å². The molecule has 6 heteroatoms. The molecule has 0 saturated carbocycles. The van der Waals surface area contributed by atoms with Crippen molar-refractivity contribution in [2.45, 2.75) is 0 Å². The van der Waals surface area contributed by atoms with E-state index in [-0.39, 0.29) is 5.58 Å². The van der Waals surface area contributed by atoms with E-state index in [9.17, 15) is 8.78 Å². The number of anilines is 1. The van der Waals surface area contributed by atoms with Crippen molar-refractivity contribution in [1.29, 1.82) is 0 Å². The first-order valence-corrected chi connectivity index (χ1v) is 5.45. The monoisotopic (exact) mass is 239 g/mol. The van der Waals surface area contributed by atoms with Gasteiger partial charge in [-0.25, -0.2) is 8.78 Å². The summed E-state index contributed by atoms with van der Waals surface area (Å²) in [7, 11) is 0. The summed E-state index contributed by atoms with van der Waals surface area (Å²) in [5.41, 5.74) is 0.620. The van der Waals surface area contributed by atoms with Crippen LogP contribution in [0, 0.1) is 11.6 Å². The fraction of sp³-hybridized carbons (Fsp3) is 0.364.